The molecule has 1 heterocycles. The normalized spacial score (nSPS) is 12.3. The van der Waals surface area contributed by atoms with Gasteiger partial charge in [0.2, 0.25) is 0 Å². The van der Waals surface area contributed by atoms with Crippen LogP contribution in [0.4, 0.5) is 4.39 Å². The molecule has 0 aliphatic rings. The Kier molecular flexibility index (Phi) is 3.58. The lowest BCUT2D eigenvalue weighted by molar-refractivity contribution is 0.220. The number of hydrogen-bond donors (Lipinski definition) is 1. The van der Waals surface area contributed by atoms with Crippen molar-refractivity contribution in [3.05, 3.63) is 76.4 Å². The summed E-state index contributed by atoms with van der Waals surface area (Å²) in [7, 11) is 0. The van der Waals surface area contributed by atoms with E-state index in [2.05, 4.69) is 4.98 Å². The lowest BCUT2D eigenvalue weighted by Gasteiger charge is -2.07. The number of rotatable bonds is 3. The van der Waals surface area contributed by atoms with Crippen LogP contribution >= 0.6 is 11.3 Å². The van der Waals surface area contributed by atoms with Gasteiger partial charge in [0.25, 0.3) is 0 Å². The Bertz CT molecular complexity index is 711. The highest BCUT2D eigenvalue weighted by atomic mass is 32.1. The highest BCUT2D eigenvalue weighted by Gasteiger charge is 2.16. The summed E-state index contributed by atoms with van der Waals surface area (Å²) in [5, 5.41) is 12.6. The molecule has 20 heavy (non-hydrogen) atoms. The summed E-state index contributed by atoms with van der Waals surface area (Å²) in [6, 6.07) is 15.8. The van der Waals surface area contributed by atoms with Crippen molar-refractivity contribution >= 4 is 11.3 Å². The molecule has 2 nitrogen and oxygen atoms in total. The number of aliphatic hydroxyl groups excluding tert-OH is 1. The van der Waals surface area contributed by atoms with Crippen LogP contribution in [0.5, 0.6) is 0 Å². The van der Waals surface area contributed by atoms with Crippen LogP contribution in [0.3, 0.4) is 0 Å². The number of benzene rings is 2. The zero-order chi connectivity index (χ0) is 13.9. The van der Waals surface area contributed by atoms with E-state index in [1.807, 2.05) is 30.3 Å². The van der Waals surface area contributed by atoms with Gasteiger partial charge in [-0.3, -0.25) is 0 Å². The van der Waals surface area contributed by atoms with Gasteiger partial charge in [0, 0.05) is 10.9 Å². The van der Waals surface area contributed by atoms with Crippen LogP contribution in [-0.4, -0.2) is 10.1 Å². The summed E-state index contributed by atoms with van der Waals surface area (Å²) >= 11 is 1.33. The lowest BCUT2D eigenvalue weighted by Crippen LogP contribution is -1.98. The first kappa shape index (κ1) is 13.0. The first-order valence-corrected chi connectivity index (χ1v) is 7.07. The SMILES string of the molecule is OC(c1ccccc1)c1nc(-c2ccccc2F)cs1. The molecule has 2 aromatic carbocycles. The smallest absolute Gasteiger partial charge is 0.132 e. The molecule has 4 heteroatoms. The second-order valence-electron chi connectivity index (χ2n) is 4.36. The summed E-state index contributed by atoms with van der Waals surface area (Å²) in [6.07, 6.45) is -0.776. The van der Waals surface area contributed by atoms with Crippen LogP contribution in [0.2, 0.25) is 0 Å². The summed E-state index contributed by atoms with van der Waals surface area (Å²) in [6.45, 7) is 0. The number of aliphatic hydroxyl groups is 1. The first-order valence-electron chi connectivity index (χ1n) is 6.19. The number of aromatic nitrogens is 1. The maximum Gasteiger partial charge on any atom is 0.132 e. The Morgan fingerprint density at radius 1 is 1.00 bits per heavy atom. The van der Waals surface area contributed by atoms with Gasteiger partial charge in [-0.2, -0.15) is 0 Å². The van der Waals surface area contributed by atoms with Gasteiger partial charge in [-0.15, -0.1) is 11.3 Å². The lowest BCUT2D eigenvalue weighted by atomic mass is 10.1. The molecule has 0 saturated carbocycles. The highest BCUT2D eigenvalue weighted by molar-refractivity contribution is 7.10. The third kappa shape index (κ3) is 2.48. The van der Waals surface area contributed by atoms with Crippen molar-refractivity contribution in [1.29, 1.82) is 0 Å². The van der Waals surface area contributed by atoms with Crippen molar-refractivity contribution < 1.29 is 9.50 Å². The number of thiazole rings is 1. The fraction of sp³-hybridized carbons (Fsp3) is 0.0625. The molecule has 0 saturated heterocycles. The summed E-state index contributed by atoms with van der Waals surface area (Å²) in [5.74, 6) is -0.307. The fourth-order valence-electron chi connectivity index (χ4n) is 1.98. The van der Waals surface area contributed by atoms with Crippen molar-refractivity contribution in [2.75, 3.05) is 0 Å². The number of nitrogens with zero attached hydrogens (tertiary/aromatic N) is 1. The van der Waals surface area contributed by atoms with Gasteiger partial charge in [0.05, 0.1) is 5.69 Å². The Hall–Kier alpha value is -2.04. The predicted molar refractivity (Wildman–Crippen MR) is 78.0 cm³/mol. The zero-order valence-electron chi connectivity index (χ0n) is 10.5. The standard InChI is InChI=1S/C16H12FNOS/c17-13-9-5-4-8-12(13)14-10-20-16(18-14)15(19)11-6-2-1-3-7-11/h1-10,15,19H. The van der Waals surface area contributed by atoms with Gasteiger partial charge in [-0.05, 0) is 17.7 Å². The minimum atomic E-state index is -0.776. The molecular formula is C16H12FNOS. The molecule has 3 aromatic rings. The highest BCUT2D eigenvalue weighted by Crippen LogP contribution is 2.29. The van der Waals surface area contributed by atoms with E-state index in [1.54, 1.807) is 23.6 Å². The van der Waals surface area contributed by atoms with Crippen LogP contribution in [0, 0.1) is 5.82 Å². The van der Waals surface area contributed by atoms with E-state index < -0.39 is 6.10 Å². The van der Waals surface area contributed by atoms with E-state index in [0.29, 0.717) is 16.3 Å². The molecule has 0 aliphatic heterocycles. The average molecular weight is 285 g/mol. The number of halogens is 1. The molecule has 3 rings (SSSR count). The van der Waals surface area contributed by atoms with Crippen LogP contribution < -0.4 is 0 Å². The van der Waals surface area contributed by atoms with Gasteiger partial charge in [0.15, 0.2) is 0 Å². The summed E-state index contributed by atoms with van der Waals surface area (Å²) in [4.78, 5) is 4.35. The molecular weight excluding hydrogens is 273 g/mol. The van der Waals surface area contributed by atoms with Gasteiger partial charge < -0.3 is 5.11 Å². The van der Waals surface area contributed by atoms with Crippen molar-refractivity contribution in [2.45, 2.75) is 6.10 Å². The van der Waals surface area contributed by atoms with Gasteiger partial charge in [-0.1, -0.05) is 42.5 Å². The average Bonchev–Trinajstić information content (AvgIpc) is 2.97. The molecule has 1 unspecified atom stereocenters. The Labute approximate surface area is 120 Å². The van der Waals surface area contributed by atoms with Crippen molar-refractivity contribution in [3.8, 4) is 11.3 Å². The van der Waals surface area contributed by atoms with Crippen molar-refractivity contribution in [3.63, 3.8) is 0 Å². The van der Waals surface area contributed by atoms with E-state index in [0.717, 1.165) is 5.56 Å². The molecule has 1 aromatic heterocycles. The van der Waals surface area contributed by atoms with Crippen LogP contribution in [0.15, 0.2) is 60.0 Å². The van der Waals surface area contributed by atoms with E-state index in [1.165, 1.54) is 17.4 Å². The Balaban J connectivity index is 1.93. The quantitative estimate of drug-likeness (QED) is 0.788. The van der Waals surface area contributed by atoms with Gasteiger partial charge in [0.1, 0.15) is 16.9 Å². The van der Waals surface area contributed by atoms with Gasteiger partial charge in [-0.25, -0.2) is 9.37 Å². The molecule has 0 amide bonds. The third-order valence-electron chi connectivity index (χ3n) is 3.02. The molecule has 1 atom stereocenters. The minimum absolute atomic E-state index is 0.307. The van der Waals surface area contributed by atoms with E-state index >= 15 is 0 Å². The van der Waals surface area contributed by atoms with Crippen LogP contribution in [0.25, 0.3) is 11.3 Å². The molecule has 0 bridgehead atoms. The third-order valence-corrected chi connectivity index (χ3v) is 3.92. The van der Waals surface area contributed by atoms with Crippen molar-refractivity contribution in [1.82, 2.24) is 4.98 Å². The maximum atomic E-state index is 13.7. The topological polar surface area (TPSA) is 33.1 Å². The fourth-order valence-corrected chi connectivity index (χ4v) is 2.81. The molecule has 0 fully saturated rings. The number of hydrogen-bond acceptors (Lipinski definition) is 3. The molecule has 0 radical (unpaired) electrons. The van der Waals surface area contributed by atoms with Crippen LogP contribution in [0.1, 0.15) is 16.7 Å². The summed E-state index contributed by atoms with van der Waals surface area (Å²) < 4.78 is 13.7. The predicted octanol–water partition coefficient (Wildman–Crippen LogP) is 4.03. The monoisotopic (exact) mass is 285 g/mol. The summed E-state index contributed by atoms with van der Waals surface area (Å²) in [5.41, 5.74) is 1.79. The van der Waals surface area contributed by atoms with Crippen LogP contribution in [-0.2, 0) is 0 Å². The van der Waals surface area contributed by atoms with E-state index in [9.17, 15) is 9.50 Å². The zero-order valence-corrected chi connectivity index (χ0v) is 11.3. The minimum Gasteiger partial charge on any atom is -0.381 e. The van der Waals surface area contributed by atoms with E-state index in [-0.39, 0.29) is 5.82 Å². The second-order valence-corrected chi connectivity index (χ2v) is 5.25. The first-order chi connectivity index (χ1) is 9.75. The molecule has 0 spiro atoms. The maximum absolute atomic E-state index is 13.7. The molecule has 1 N–H and O–H groups in total. The largest absolute Gasteiger partial charge is 0.381 e. The van der Waals surface area contributed by atoms with E-state index in [4.69, 9.17) is 0 Å². The Morgan fingerprint density at radius 3 is 2.45 bits per heavy atom. The molecule has 100 valence electrons. The van der Waals surface area contributed by atoms with Crippen molar-refractivity contribution in [2.24, 2.45) is 0 Å². The van der Waals surface area contributed by atoms with Gasteiger partial charge >= 0.3 is 0 Å². The Morgan fingerprint density at radius 2 is 1.70 bits per heavy atom. The second kappa shape index (κ2) is 5.53. The molecule has 0 aliphatic carbocycles.